The van der Waals surface area contributed by atoms with Crippen molar-refractivity contribution < 1.29 is 14.7 Å². The molecule has 0 spiro atoms. The summed E-state index contributed by atoms with van der Waals surface area (Å²) in [4.78, 5) is 14.8. The minimum atomic E-state index is -1.08. The summed E-state index contributed by atoms with van der Waals surface area (Å²) in [5.41, 5.74) is 0.523. The molecule has 0 heterocycles. The molecule has 1 N–H and O–H groups in total. The smallest absolute Gasteiger partial charge is 0.358 e. The second-order valence-corrected chi connectivity index (χ2v) is 1.90. The van der Waals surface area contributed by atoms with Gasteiger partial charge in [-0.05, 0) is 19.4 Å². The molecule has 0 saturated heterocycles. The minimum Gasteiger partial charge on any atom is -0.476 e. The van der Waals surface area contributed by atoms with Crippen LogP contribution in [0.15, 0.2) is 16.8 Å². The number of carboxylic acids is 1. The number of hydrogen-bond donors (Lipinski definition) is 1. The van der Waals surface area contributed by atoms with Gasteiger partial charge in [0.05, 0.1) is 0 Å². The van der Waals surface area contributed by atoms with Crippen LogP contribution in [0.25, 0.3) is 0 Å². The number of rotatable bonds is 3. The minimum absolute atomic E-state index is 0.0602. The SMILES string of the molecule is C/C=C(C)/C(=N/OC)C(=O)O. The van der Waals surface area contributed by atoms with Gasteiger partial charge in [-0.25, -0.2) is 4.79 Å². The lowest BCUT2D eigenvalue weighted by Gasteiger charge is -1.97. The van der Waals surface area contributed by atoms with Crippen LogP contribution in [0.4, 0.5) is 0 Å². The molecule has 0 aliphatic heterocycles. The van der Waals surface area contributed by atoms with E-state index in [2.05, 4.69) is 9.99 Å². The molecule has 0 atom stereocenters. The first-order valence-corrected chi connectivity index (χ1v) is 3.11. The molecule has 0 unspecified atom stereocenters. The Morgan fingerprint density at radius 3 is 2.45 bits per heavy atom. The molecule has 62 valence electrons. The zero-order chi connectivity index (χ0) is 8.85. The molecule has 4 heteroatoms. The maximum Gasteiger partial charge on any atom is 0.358 e. The van der Waals surface area contributed by atoms with Crippen molar-refractivity contribution in [1.29, 1.82) is 0 Å². The summed E-state index contributed by atoms with van der Waals surface area (Å²) in [6, 6.07) is 0. The Balaban J connectivity index is 4.62. The van der Waals surface area contributed by atoms with Crippen molar-refractivity contribution >= 4 is 11.7 Å². The van der Waals surface area contributed by atoms with Crippen molar-refractivity contribution in [3.63, 3.8) is 0 Å². The molecular weight excluding hydrogens is 146 g/mol. The second-order valence-electron chi connectivity index (χ2n) is 1.90. The topological polar surface area (TPSA) is 58.9 Å². The molecule has 0 fully saturated rings. The molecule has 0 saturated carbocycles. The van der Waals surface area contributed by atoms with Crippen LogP contribution in [0.3, 0.4) is 0 Å². The van der Waals surface area contributed by atoms with Crippen LogP contribution in [0, 0.1) is 0 Å². The summed E-state index contributed by atoms with van der Waals surface area (Å²) < 4.78 is 0. The molecule has 0 radical (unpaired) electrons. The summed E-state index contributed by atoms with van der Waals surface area (Å²) in [6.45, 7) is 3.40. The Kier molecular flexibility index (Phi) is 3.95. The van der Waals surface area contributed by atoms with Crippen molar-refractivity contribution in [3.8, 4) is 0 Å². The first-order chi connectivity index (χ1) is 5.13. The number of carbonyl (C=O) groups is 1. The number of hydrogen-bond acceptors (Lipinski definition) is 3. The van der Waals surface area contributed by atoms with Gasteiger partial charge in [-0.1, -0.05) is 11.2 Å². The fraction of sp³-hybridized carbons (Fsp3) is 0.429. The molecule has 4 nitrogen and oxygen atoms in total. The van der Waals surface area contributed by atoms with Gasteiger partial charge in [-0.3, -0.25) is 0 Å². The van der Waals surface area contributed by atoms with E-state index in [0.29, 0.717) is 5.57 Å². The number of nitrogens with zero attached hydrogens (tertiary/aromatic N) is 1. The molecule has 0 rings (SSSR count). The van der Waals surface area contributed by atoms with Crippen LogP contribution in [0.1, 0.15) is 13.8 Å². The lowest BCUT2D eigenvalue weighted by Crippen LogP contribution is -2.14. The quantitative estimate of drug-likeness (QED) is 0.492. The summed E-state index contributed by atoms with van der Waals surface area (Å²) in [6.07, 6.45) is 1.66. The van der Waals surface area contributed by atoms with Crippen LogP contribution in [-0.2, 0) is 9.63 Å². The second kappa shape index (κ2) is 4.49. The first-order valence-electron chi connectivity index (χ1n) is 3.11. The third-order valence-corrected chi connectivity index (χ3v) is 1.19. The summed E-state index contributed by atoms with van der Waals surface area (Å²) in [7, 11) is 1.31. The summed E-state index contributed by atoms with van der Waals surface area (Å²) >= 11 is 0. The van der Waals surface area contributed by atoms with E-state index in [1.165, 1.54) is 7.11 Å². The normalized spacial score (nSPS) is 13.0. The van der Waals surface area contributed by atoms with Crippen molar-refractivity contribution in [2.75, 3.05) is 7.11 Å². The third kappa shape index (κ3) is 2.84. The predicted molar refractivity (Wildman–Crippen MR) is 41.5 cm³/mol. The van der Waals surface area contributed by atoms with E-state index in [9.17, 15) is 4.79 Å². The highest BCUT2D eigenvalue weighted by atomic mass is 16.6. The van der Waals surface area contributed by atoms with E-state index in [-0.39, 0.29) is 5.71 Å². The lowest BCUT2D eigenvalue weighted by molar-refractivity contribution is -0.129. The molecule has 0 aromatic rings. The zero-order valence-corrected chi connectivity index (χ0v) is 6.79. The van der Waals surface area contributed by atoms with Gasteiger partial charge >= 0.3 is 5.97 Å². The maximum atomic E-state index is 10.4. The molecule has 0 amide bonds. The van der Waals surface area contributed by atoms with Gasteiger partial charge in [0.25, 0.3) is 0 Å². The standard InChI is InChI=1S/C7H11NO3/c1-4-5(2)6(7(9)10)8-11-3/h4H,1-3H3,(H,9,10)/b5-4+,8-6-. The van der Waals surface area contributed by atoms with Gasteiger partial charge in [0, 0.05) is 0 Å². The van der Waals surface area contributed by atoms with Crippen LogP contribution in [-0.4, -0.2) is 23.9 Å². The van der Waals surface area contributed by atoms with E-state index in [4.69, 9.17) is 5.11 Å². The highest BCUT2D eigenvalue weighted by Gasteiger charge is 2.10. The molecule has 0 aliphatic carbocycles. The predicted octanol–water partition coefficient (Wildman–Crippen LogP) is 1.04. The Morgan fingerprint density at radius 1 is 1.64 bits per heavy atom. The highest BCUT2D eigenvalue weighted by molar-refractivity contribution is 6.42. The van der Waals surface area contributed by atoms with Crippen molar-refractivity contribution in [1.82, 2.24) is 0 Å². The average Bonchev–Trinajstić information content (AvgIpc) is 1.98. The average molecular weight is 157 g/mol. The van der Waals surface area contributed by atoms with Crippen LogP contribution in [0.2, 0.25) is 0 Å². The van der Waals surface area contributed by atoms with Gasteiger partial charge in [-0.2, -0.15) is 0 Å². The first kappa shape index (κ1) is 9.68. The number of allylic oxidation sites excluding steroid dienone is 1. The Hall–Kier alpha value is -1.32. The maximum absolute atomic E-state index is 10.4. The third-order valence-electron chi connectivity index (χ3n) is 1.19. The van der Waals surface area contributed by atoms with E-state index < -0.39 is 5.97 Å². The van der Waals surface area contributed by atoms with E-state index >= 15 is 0 Å². The van der Waals surface area contributed by atoms with Crippen LogP contribution < -0.4 is 0 Å². The van der Waals surface area contributed by atoms with Gasteiger partial charge in [-0.15, -0.1) is 0 Å². The summed E-state index contributed by atoms with van der Waals surface area (Å²) in [5, 5.41) is 11.9. The number of oxime groups is 1. The van der Waals surface area contributed by atoms with Crippen molar-refractivity contribution in [2.45, 2.75) is 13.8 Å². The molecule has 0 aromatic carbocycles. The fourth-order valence-electron chi connectivity index (χ4n) is 0.508. The Labute approximate surface area is 65.2 Å². The number of carboxylic acid groups (broad SMARTS) is 1. The van der Waals surface area contributed by atoms with Gasteiger partial charge < -0.3 is 9.94 Å². The van der Waals surface area contributed by atoms with Gasteiger partial charge in [0.15, 0.2) is 5.71 Å². The summed E-state index contributed by atoms with van der Waals surface area (Å²) in [5.74, 6) is -1.08. The number of aliphatic carboxylic acids is 1. The largest absolute Gasteiger partial charge is 0.476 e. The van der Waals surface area contributed by atoms with Crippen LogP contribution >= 0.6 is 0 Å². The van der Waals surface area contributed by atoms with Gasteiger partial charge in [0.2, 0.25) is 0 Å². The van der Waals surface area contributed by atoms with Crippen LogP contribution in [0.5, 0.6) is 0 Å². The molecule has 0 aromatic heterocycles. The monoisotopic (exact) mass is 157 g/mol. The molecular formula is C7H11NO3. The highest BCUT2D eigenvalue weighted by Crippen LogP contribution is 1.97. The molecule has 0 bridgehead atoms. The fourth-order valence-corrected chi connectivity index (χ4v) is 0.508. The van der Waals surface area contributed by atoms with E-state index in [1.54, 1.807) is 19.9 Å². The van der Waals surface area contributed by atoms with Gasteiger partial charge in [0.1, 0.15) is 7.11 Å². The molecule has 0 aliphatic rings. The van der Waals surface area contributed by atoms with E-state index in [1.807, 2.05) is 0 Å². The Bertz CT molecular complexity index is 206. The zero-order valence-electron chi connectivity index (χ0n) is 6.79. The van der Waals surface area contributed by atoms with Crippen molar-refractivity contribution in [3.05, 3.63) is 11.6 Å². The Morgan fingerprint density at radius 2 is 2.18 bits per heavy atom. The van der Waals surface area contributed by atoms with E-state index in [0.717, 1.165) is 0 Å². The van der Waals surface area contributed by atoms with Crippen molar-refractivity contribution in [2.24, 2.45) is 5.16 Å². The molecule has 11 heavy (non-hydrogen) atoms. The lowest BCUT2D eigenvalue weighted by atomic mass is 10.2.